The first-order valence-corrected chi connectivity index (χ1v) is 12.1. The van der Waals surface area contributed by atoms with Gasteiger partial charge in [-0.05, 0) is 37.2 Å². The van der Waals surface area contributed by atoms with Crippen molar-refractivity contribution in [3.05, 3.63) is 59.7 Å². The maximum atomic E-state index is 13.0. The number of imide groups is 1. The molecule has 0 radical (unpaired) electrons. The van der Waals surface area contributed by atoms with Crippen LogP contribution in [0.1, 0.15) is 17.5 Å². The number of alkyl halides is 3. The van der Waals surface area contributed by atoms with Crippen molar-refractivity contribution in [3.63, 3.8) is 0 Å². The number of carbonyl (C=O) groups is 2. The number of ether oxygens (including phenoxy) is 1. The molecule has 2 amide bonds. The number of hydrogen-bond acceptors (Lipinski definition) is 6. The highest BCUT2D eigenvalue weighted by Gasteiger charge is 2.32. The summed E-state index contributed by atoms with van der Waals surface area (Å²) in [5, 5.41) is 0. The Bertz CT molecular complexity index is 1060. The lowest BCUT2D eigenvalue weighted by atomic mass is 10.1. The number of benzene rings is 2. The number of nitrogens with zero attached hydrogens (tertiary/aromatic N) is 4. The second-order valence-electron chi connectivity index (χ2n) is 9.13. The van der Waals surface area contributed by atoms with Gasteiger partial charge in [0.05, 0.1) is 25.8 Å². The number of anilines is 1. The molecule has 210 valence electrons. The minimum absolute atomic E-state index is 0. The molecule has 0 aliphatic carbocycles. The number of piperazine rings is 2. The minimum atomic E-state index is -4.35. The minimum Gasteiger partial charge on any atom is -0.496 e. The van der Waals surface area contributed by atoms with Crippen LogP contribution in [0.2, 0.25) is 0 Å². The summed E-state index contributed by atoms with van der Waals surface area (Å²) in [6.07, 6.45) is -3.69. The predicted octanol–water partition coefficient (Wildman–Crippen LogP) is 3.94. The van der Waals surface area contributed by atoms with E-state index in [9.17, 15) is 22.8 Å². The van der Waals surface area contributed by atoms with Crippen molar-refractivity contribution in [3.8, 4) is 5.75 Å². The van der Waals surface area contributed by atoms with Crippen LogP contribution in [-0.4, -0.2) is 86.0 Å². The molecule has 2 saturated heterocycles. The van der Waals surface area contributed by atoms with Gasteiger partial charge in [0, 0.05) is 50.5 Å². The van der Waals surface area contributed by atoms with Gasteiger partial charge in [-0.15, -0.1) is 24.8 Å². The summed E-state index contributed by atoms with van der Waals surface area (Å²) in [6.45, 7) is 4.59. The van der Waals surface area contributed by atoms with Gasteiger partial charge in [-0.2, -0.15) is 13.2 Å². The van der Waals surface area contributed by atoms with Gasteiger partial charge in [0.2, 0.25) is 11.8 Å². The molecule has 2 aromatic rings. The molecule has 2 aliphatic rings. The van der Waals surface area contributed by atoms with Gasteiger partial charge in [-0.25, -0.2) is 0 Å². The molecule has 0 spiro atoms. The Morgan fingerprint density at radius 1 is 0.842 bits per heavy atom. The first-order valence-electron chi connectivity index (χ1n) is 12.1. The summed E-state index contributed by atoms with van der Waals surface area (Å²) in [5.74, 6) is 0.332. The van der Waals surface area contributed by atoms with E-state index in [0.29, 0.717) is 51.4 Å². The monoisotopic (exact) mass is 576 g/mol. The molecular weight excluding hydrogens is 544 g/mol. The zero-order chi connectivity index (χ0) is 25.7. The molecule has 0 bridgehead atoms. The van der Waals surface area contributed by atoms with Crippen LogP contribution in [0.5, 0.6) is 5.75 Å². The van der Waals surface area contributed by atoms with E-state index in [1.165, 1.54) is 17.0 Å². The number of hydrogen-bond donors (Lipinski definition) is 0. The lowest BCUT2D eigenvalue weighted by Crippen LogP contribution is -2.54. The van der Waals surface area contributed by atoms with Gasteiger partial charge in [-0.3, -0.25) is 24.3 Å². The van der Waals surface area contributed by atoms with Gasteiger partial charge >= 0.3 is 6.18 Å². The van der Waals surface area contributed by atoms with Crippen molar-refractivity contribution in [2.75, 3.05) is 64.4 Å². The molecule has 0 N–H and O–H groups in total. The molecule has 4 rings (SSSR count). The molecule has 2 aliphatic heterocycles. The lowest BCUT2D eigenvalue weighted by Gasteiger charge is -2.37. The van der Waals surface area contributed by atoms with Crippen molar-refractivity contribution in [2.24, 2.45) is 0 Å². The fourth-order valence-corrected chi connectivity index (χ4v) is 4.75. The molecule has 12 heteroatoms. The zero-order valence-electron chi connectivity index (χ0n) is 21.2. The second-order valence-corrected chi connectivity index (χ2v) is 9.13. The van der Waals surface area contributed by atoms with Gasteiger partial charge in [0.15, 0.2) is 0 Å². The highest BCUT2D eigenvalue weighted by Crippen LogP contribution is 2.32. The fraction of sp³-hybridized carbons (Fsp3) is 0.462. The smallest absolute Gasteiger partial charge is 0.416 e. The zero-order valence-corrected chi connectivity index (χ0v) is 22.8. The largest absolute Gasteiger partial charge is 0.496 e. The average Bonchev–Trinajstić information content (AvgIpc) is 2.86. The van der Waals surface area contributed by atoms with Crippen LogP contribution in [-0.2, 0) is 22.3 Å². The molecule has 7 nitrogen and oxygen atoms in total. The van der Waals surface area contributed by atoms with E-state index >= 15 is 0 Å². The van der Waals surface area contributed by atoms with Crippen molar-refractivity contribution < 1.29 is 27.5 Å². The Kier molecular flexibility index (Phi) is 11.7. The fourth-order valence-electron chi connectivity index (χ4n) is 4.75. The van der Waals surface area contributed by atoms with Crippen molar-refractivity contribution in [1.29, 1.82) is 0 Å². The summed E-state index contributed by atoms with van der Waals surface area (Å²) in [5.41, 5.74) is 0.866. The van der Waals surface area contributed by atoms with Crippen molar-refractivity contribution in [1.82, 2.24) is 14.7 Å². The van der Waals surface area contributed by atoms with Crippen molar-refractivity contribution >= 4 is 42.3 Å². The second kappa shape index (κ2) is 14.0. The molecular formula is C26H33Cl2F3N4O3. The number of methoxy groups -OCH3 is 1. The maximum absolute atomic E-state index is 13.0. The van der Waals surface area contributed by atoms with E-state index in [-0.39, 0.29) is 49.7 Å². The third-order valence-electron chi connectivity index (χ3n) is 6.67. The van der Waals surface area contributed by atoms with E-state index in [4.69, 9.17) is 4.74 Å². The molecule has 2 aromatic carbocycles. The summed E-state index contributed by atoms with van der Waals surface area (Å²) < 4.78 is 44.4. The Hall–Kier alpha value is -2.53. The van der Waals surface area contributed by atoms with Gasteiger partial charge in [0.25, 0.3) is 0 Å². The van der Waals surface area contributed by atoms with Crippen LogP contribution < -0.4 is 9.64 Å². The van der Waals surface area contributed by atoms with Crippen LogP contribution in [0.15, 0.2) is 48.5 Å². The third-order valence-corrected chi connectivity index (χ3v) is 6.67. The summed E-state index contributed by atoms with van der Waals surface area (Å²) >= 11 is 0. The summed E-state index contributed by atoms with van der Waals surface area (Å²) in [7, 11) is 1.60. The highest BCUT2D eigenvalue weighted by atomic mass is 35.5. The number of para-hydroxylation sites is 1. The van der Waals surface area contributed by atoms with E-state index < -0.39 is 11.7 Å². The van der Waals surface area contributed by atoms with Crippen LogP contribution in [0, 0.1) is 0 Å². The maximum Gasteiger partial charge on any atom is 0.416 e. The molecule has 0 saturated carbocycles. The molecule has 38 heavy (non-hydrogen) atoms. The van der Waals surface area contributed by atoms with E-state index in [1.807, 2.05) is 34.1 Å². The van der Waals surface area contributed by atoms with Crippen LogP contribution in [0.4, 0.5) is 18.9 Å². The predicted molar refractivity (Wildman–Crippen MR) is 144 cm³/mol. The first kappa shape index (κ1) is 31.7. The standard InChI is InChI=1S/C26H31F3N4O3.2ClH/c1-36-23-9-3-2-6-20(23)17-31-18-24(34)33(25(35)19-31)11-5-10-30-12-14-32(15-13-30)22-8-4-7-21(16-22)26(27,28)29;;/h2-4,6-9,16H,5,10-15,17-19H2,1H3;2*1H. The first-order chi connectivity index (χ1) is 17.2. The Labute approximate surface area is 233 Å². The number of amides is 2. The molecule has 2 fully saturated rings. The topological polar surface area (TPSA) is 56.3 Å². The molecule has 0 unspecified atom stereocenters. The summed E-state index contributed by atoms with van der Waals surface area (Å²) in [4.78, 5) is 32.7. The number of halogens is 5. The number of rotatable bonds is 8. The molecule has 2 heterocycles. The Morgan fingerprint density at radius 2 is 1.50 bits per heavy atom. The van der Waals surface area contributed by atoms with Crippen molar-refractivity contribution in [2.45, 2.75) is 19.1 Å². The molecule has 0 atom stereocenters. The third kappa shape index (κ3) is 7.99. The molecule has 0 aromatic heterocycles. The van der Waals surface area contributed by atoms with Gasteiger partial charge < -0.3 is 9.64 Å². The normalized spacial score (nSPS) is 17.2. The SMILES string of the molecule is COc1ccccc1CN1CC(=O)N(CCCN2CCN(c3cccc(C(F)(F)F)c3)CC2)C(=O)C1.Cl.Cl. The van der Waals surface area contributed by atoms with Crippen LogP contribution in [0.3, 0.4) is 0 Å². The van der Waals surface area contributed by atoms with E-state index in [1.54, 1.807) is 13.2 Å². The summed E-state index contributed by atoms with van der Waals surface area (Å²) in [6, 6.07) is 13.0. The Morgan fingerprint density at radius 3 is 2.13 bits per heavy atom. The quantitative estimate of drug-likeness (QED) is 0.444. The average molecular weight is 577 g/mol. The Balaban J connectivity index is 0.00000253. The van der Waals surface area contributed by atoms with Gasteiger partial charge in [0.1, 0.15) is 5.75 Å². The van der Waals surface area contributed by atoms with Gasteiger partial charge in [-0.1, -0.05) is 24.3 Å². The lowest BCUT2D eigenvalue weighted by molar-refractivity contribution is -0.151. The van der Waals surface area contributed by atoms with Crippen LogP contribution in [0.25, 0.3) is 0 Å². The van der Waals surface area contributed by atoms with E-state index in [0.717, 1.165) is 23.9 Å². The van der Waals surface area contributed by atoms with E-state index in [2.05, 4.69) is 4.90 Å². The van der Waals surface area contributed by atoms with Crippen LogP contribution >= 0.6 is 24.8 Å². The highest BCUT2D eigenvalue weighted by molar-refractivity contribution is 5.99. The number of carbonyl (C=O) groups excluding carboxylic acids is 2.